The second kappa shape index (κ2) is 5.98. The molecule has 18 heavy (non-hydrogen) atoms. The van der Waals surface area contributed by atoms with Crippen LogP contribution < -0.4 is 0 Å². The average molecular weight is 250 g/mol. The molecule has 1 aliphatic heterocycles. The largest absolute Gasteiger partial charge is 0.454 e. The summed E-state index contributed by atoms with van der Waals surface area (Å²) < 4.78 is 16.1. The number of carbonyl (C=O) groups is 1. The van der Waals surface area contributed by atoms with Crippen molar-refractivity contribution in [2.24, 2.45) is 0 Å². The number of benzene rings is 1. The normalized spacial score (nSPS) is 23.1. The molecule has 1 unspecified atom stereocenters. The highest BCUT2D eigenvalue weighted by Gasteiger charge is 2.40. The number of methoxy groups -OCH3 is 1. The fraction of sp³-hybridized carbons (Fsp3) is 0.500. The van der Waals surface area contributed by atoms with Crippen LogP contribution in [0.5, 0.6) is 0 Å². The molecule has 1 heterocycles. The highest BCUT2D eigenvalue weighted by atomic mass is 16.6. The van der Waals surface area contributed by atoms with Crippen molar-refractivity contribution in [3.63, 3.8) is 0 Å². The van der Waals surface area contributed by atoms with Crippen molar-refractivity contribution in [2.75, 3.05) is 20.3 Å². The van der Waals surface area contributed by atoms with E-state index in [1.807, 2.05) is 30.3 Å². The number of carbonyl (C=O) groups excluding carboxylic acids is 1. The molecule has 1 aliphatic rings. The second-order valence-electron chi connectivity index (χ2n) is 4.57. The van der Waals surface area contributed by atoms with Gasteiger partial charge in [-0.25, -0.2) is 0 Å². The fourth-order valence-corrected chi connectivity index (χ4v) is 2.11. The first kappa shape index (κ1) is 13.1. The zero-order chi connectivity index (χ0) is 12.8. The van der Waals surface area contributed by atoms with Gasteiger partial charge in [-0.1, -0.05) is 30.3 Å². The van der Waals surface area contributed by atoms with Crippen molar-refractivity contribution >= 4 is 5.97 Å². The molecule has 98 valence electrons. The van der Waals surface area contributed by atoms with E-state index in [1.54, 1.807) is 7.11 Å². The standard InChI is InChI=1S/C14H18O4/c1-16-10-14(8-7-13(15)18-14)11-17-9-12-5-3-2-4-6-12/h2-6H,7-11H2,1H3. The van der Waals surface area contributed by atoms with Gasteiger partial charge in [0.15, 0.2) is 5.60 Å². The van der Waals surface area contributed by atoms with Crippen LogP contribution >= 0.6 is 0 Å². The van der Waals surface area contributed by atoms with Crippen LogP contribution in [0.2, 0.25) is 0 Å². The van der Waals surface area contributed by atoms with Gasteiger partial charge in [-0.3, -0.25) is 4.79 Å². The predicted molar refractivity (Wildman–Crippen MR) is 66.0 cm³/mol. The molecule has 0 amide bonds. The van der Waals surface area contributed by atoms with E-state index in [0.29, 0.717) is 32.7 Å². The van der Waals surface area contributed by atoms with Crippen LogP contribution in [0.25, 0.3) is 0 Å². The minimum atomic E-state index is -0.597. The van der Waals surface area contributed by atoms with Crippen LogP contribution in [0.15, 0.2) is 30.3 Å². The number of cyclic esters (lactones) is 1. The number of hydrogen-bond acceptors (Lipinski definition) is 4. The first-order valence-corrected chi connectivity index (χ1v) is 6.07. The van der Waals surface area contributed by atoms with Crippen molar-refractivity contribution < 1.29 is 19.0 Å². The minimum Gasteiger partial charge on any atom is -0.454 e. The summed E-state index contributed by atoms with van der Waals surface area (Å²) in [6, 6.07) is 9.92. The van der Waals surface area contributed by atoms with Crippen LogP contribution in [-0.4, -0.2) is 31.9 Å². The van der Waals surface area contributed by atoms with E-state index < -0.39 is 5.60 Å². The third-order valence-corrected chi connectivity index (χ3v) is 3.00. The molecule has 0 aromatic heterocycles. The maximum atomic E-state index is 11.2. The number of rotatable bonds is 6. The van der Waals surface area contributed by atoms with Gasteiger partial charge in [-0.05, 0) is 5.56 Å². The van der Waals surface area contributed by atoms with Gasteiger partial charge in [-0.2, -0.15) is 0 Å². The summed E-state index contributed by atoms with van der Waals surface area (Å²) in [5, 5.41) is 0. The topological polar surface area (TPSA) is 44.8 Å². The van der Waals surface area contributed by atoms with E-state index in [0.717, 1.165) is 5.56 Å². The maximum Gasteiger partial charge on any atom is 0.306 e. The van der Waals surface area contributed by atoms with Gasteiger partial charge < -0.3 is 14.2 Å². The Morgan fingerprint density at radius 1 is 1.28 bits per heavy atom. The van der Waals surface area contributed by atoms with Gasteiger partial charge in [0.05, 0.1) is 19.8 Å². The first-order valence-electron chi connectivity index (χ1n) is 6.07. The summed E-state index contributed by atoms with van der Waals surface area (Å²) in [5.74, 6) is -0.171. The van der Waals surface area contributed by atoms with E-state index in [4.69, 9.17) is 14.2 Å². The molecule has 1 atom stereocenters. The van der Waals surface area contributed by atoms with Gasteiger partial charge in [-0.15, -0.1) is 0 Å². The van der Waals surface area contributed by atoms with Gasteiger partial charge in [0, 0.05) is 20.0 Å². The molecule has 1 fully saturated rings. The number of ether oxygens (including phenoxy) is 3. The van der Waals surface area contributed by atoms with Crippen LogP contribution in [0.4, 0.5) is 0 Å². The third-order valence-electron chi connectivity index (χ3n) is 3.00. The Labute approximate surface area is 107 Å². The zero-order valence-electron chi connectivity index (χ0n) is 10.6. The van der Waals surface area contributed by atoms with E-state index in [9.17, 15) is 4.79 Å². The smallest absolute Gasteiger partial charge is 0.306 e. The molecule has 0 aliphatic carbocycles. The fourth-order valence-electron chi connectivity index (χ4n) is 2.11. The Hall–Kier alpha value is -1.39. The summed E-state index contributed by atoms with van der Waals surface area (Å²) in [5.41, 5.74) is 0.509. The molecule has 0 saturated carbocycles. The molecule has 1 saturated heterocycles. The summed E-state index contributed by atoms with van der Waals surface area (Å²) in [6.45, 7) is 1.28. The lowest BCUT2D eigenvalue weighted by molar-refractivity contribution is -0.160. The minimum absolute atomic E-state index is 0.171. The van der Waals surface area contributed by atoms with Gasteiger partial charge in [0.2, 0.25) is 0 Å². The van der Waals surface area contributed by atoms with E-state index >= 15 is 0 Å². The molecule has 0 bridgehead atoms. The summed E-state index contributed by atoms with van der Waals surface area (Å²) in [4.78, 5) is 11.2. The Kier molecular flexibility index (Phi) is 4.33. The molecule has 4 nitrogen and oxygen atoms in total. The van der Waals surface area contributed by atoms with Crippen LogP contribution in [0.1, 0.15) is 18.4 Å². The summed E-state index contributed by atoms with van der Waals surface area (Å²) in [6.07, 6.45) is 1.10. The number of hydrogen-bond donors (Lipinski definition) is 0. The second-order valence-corrected chi connectivity index (χ2v) is 4.57. The molecule has 4 heteroatoms. The molecular weight excluding hydrogens is 232 g/mol. The van der Waals surface area contributed by atoms with E-state index in [2.05, 4.69) is 0 Å². The molecule has 2 rings (SSSR count). The van der Waals surface area contributed by atoms with Crippen LogP contribution in [-0.2, 0) is 25.6 Å². The van der Waals surface area contributed by atoms with Crippen molar-refractivity contribution in [3.05, 3.63) is 35.9 Å². The van der Waals surface area contributed by atoms with Crippen molar-refractivity contribution in [1.82, 2.24) is 0 Å². The molecule has 0 radical (unpaired) electrons. The highest BCUT2D eigenvalue weighted by Crippen LogP contribution is 2.27. The van der Waals surface area contributed by atoms with E-state index in [1.165, 1.54) is 0 Å². The Bertz CT molecular complexity index is 390. The lowest BCUT2D eigenvalue weighted by atomic mass is 10.0. The summed E-state index contributed by atoms with van der Waals surface area (Å²) in [7, 11) is 1.60. The third kappa shape index (κ3) is 3.31. The average Bonchev–Trinajstić information content (AvgIpc) is 2.73. The predicted octanol–water partition coefficient (Wildman–Crippen LogP) is 1.93. The number of esters is 1. The highest BCUT2D eigenvalue weighted by molar-refractivity contribution is 5.72. The van der Waals surface area contributed by atoms with Crippen molar-refractivity contribution in [2.45, 2.75) is 25.0 Å². The lowest BCUT2D eigenvalue weighted by Crippen LogP contribution is -2.39. The van der Waals surface area contributed by atoms with Gasteiger partial charge in [0.1, 0.15) is 0 Å². The molecular formula is C14H18O4. The Balaban J connectivity index is 1.85. The van der Waals surface area contributed by atoms with Crippen LogP contribution in [0.3, 0.4) is 0 Å². The van der Waals surface area contributed by atoms with Crippen molar-refractivity contribution in [1.29, 1.82) is 0 Å². The maximum absolute atomic E-state index is 11.2. The molecule has 1 aromatic rings. The molecule has 0 N–H and O–H groups in total. The lowest BCUT2D eigenvalue weighted by Gasteiger charge is -2.26. The van der Waals surface area contributed by atoms with E-state index in [-0.39, 0.29) is 5.97 Å². The van der Waals surface area contributed by atoms with Gasteiger partial charge >= 0.3 is 5.97 Å². The Morgan fingerprint density at radius 2 is 2.06 bits per heavy atom. The molecule has 0 spiro atoms. The van der Waals surface area contributed by atoms with Crippen LogP contribution in [0, 0.1) is 0 Å². The molecule has 1 aromatic carbocycles. The van der Waals surface area contributed by atoms with Crippen molar-refractivity contribution in [3.8, 4) is 0 Å². The Morgan fingerprint density at radius 3 is 2.67 bits per heavy atom. The first-order chi connectivity index (χ1) is 8.74. The van der Waals surface area contributed by atoms with Gasteiger partial charge in [0.25, 0.3) is 0 Å². The monoisotopic (exact) mass is 250 g/mol. The zero-order valence-corrected chi connectivity index (χ0v) is 10.6. The quantitative estimate of drug-likeness (QED) is 0.724. The summed E-state index contributed by atoms with van der Waals surface area (Å²) >= 11 is 0. The SMILES string of the molecule is COCC1(COCc2ccccc2)CCC(=O)O1.